The standard InChI is InChI=1S/C17H19N5O/c1-4-14-10(2)16(21-20-14)17(23)22-18-9-13-11(3)19-15-8-6-5-7-12(13)15/h5-9,19H,4H2,1-3H3,(H,20,21)(H,22,23)/b18-9-. The number of nitrogens with zero attached hydrogens (tertiary/aromatic N) is 2. The number of hydrazone groups is 1. The normalized spacial score (nSPS) is 11.4. The van der Waals surface area contributed by atoms with E-state index in [1.54, 1.807) is 6.21 Å². The van der Waals surface area contributed by atoms with Crippen molar-refractivity contribution < 1.29 is 4.79 Å². The maximum atomic E-state index is 12.2. The van der Waals surface area contributed by atoms with Gasteiger partial charge >= 0.3 is 0 Å². The first-order valence-corrected chi connectivity index (χ1v) is 7.56. The molecule has 118 valence electrons. The van der Waals surface area contributed by atoms with Crippen LogP contribution in [0.15, 0.2) is 29.4 Å². The Kier molecular flexibility index (Phi) is 3.97. The molecule has 6 nitrogen and oxygen atoms in total. The second-order valence-corrected chi connectivity index (χ2v) is 5.44. The quantitative estimate of drug-likeness (QED) is 0.511. The first-order chi connectivity index (χ1) is 11.1. The predicted molar refractivity (Wildman–Crippen MR) is 90.8 cm³/mol. The number of amides is 1. The number of aromatic nitrogens is 3. The molecule has 0 aliphatic rings. The zero-order chi connectivity index (χ0) is 16.4. The van der Waals surface area contributed by atoms with E-state index in [0.29, 0.717) is 5.69 Å². The molecule has 0 aliphatic heterocycles. The van der Waals surface area contributed by atoms with Gasteiger partial charge in [0.2, 0.25) is 0 Å². The molecule has 0 saturated heterocycles. The largest absolute Gasteiger partial charge is 0.358 e. The smallest absolute Gasteiger partial charge is 0.292 e. The number of hydrogen-bond donors (Lipinski definition) is 3. The van der Waals surface area contributed by atoms with Gasteiger partial charge in [0.25, 0.3) is 5.91 Å². The molecule has 0 saturated carbocycles. The molecule has 0 fully saturated rings. The number of rotatable bonds is 4. The third-order valence-corrected chi connectivity index (χ3v) is 3.98. The fraction of sp³-hybridized carbons (Fsp3) is 0.235. The SMILES string of the molecule is CCc1[nH]nc(C(=O)N/N=C\c2c(C)[nH]c3ccccc23)c1C. The van der Waals surface area contributed by atoms with Crippen LogP contribution in [0.2, 0.25) is 0 Å². The van der Waals surface area contributed by atoms with Crippen LogP contribution in [0.25, 0.3) is 10.9 Å². The Morgan fingerprint density at radius 1 is 1.35 bits per heavy atom. The highest BCUT2D eigenvalue weighted by Gasteiger charge is 2.14. The minimum absolute atomic E-state index is 0.313. The molecule has 6 heteroatoms. The Morgan fingerprint density at radius 3 is 2.87 bits per heavy atom. The lowest BCUT2D eigenvalue weighted by molar-refractivity contribution is 0.0949. The van der Waals surface area contributed by atoms with Gasteiger partial charge in [0.05, 0.1) is 6.21 Å². The zero-order valence-electron chi connectivity index (χ0n) is 13.4. The number of nitrogens with one attached hydrogen (secondary N) is 3. The van der Waals surface area contributed by atoms with Crippen LogP contribution in [0.4, 0.5) is 0 Å². The van der Waals surface area contributed by atoms with Gasteiger partial charge in [0.15, 0.2) is 5.69 Å². The van der Waals surface area contributed by atoms with E-state index >= 15 is 0 Å². The molecule has 3 rings (SSSR count). The van der Waals surface area contributed by atoms with Crippen LogP contribution in [0, 0.1) is 13.8 Å². The lowest BCUT2D eigenvalue weighted by Gasteiger charge is -1.98. The molecule has 0 spiro atoms. The van der Waals surface area contributed by atoms with Crippen LogP contribution in [0.1, 0.15) is 39.9 Å². The monoisotopic (exact) mass is 309 g/mol. The van der Waals surface area contributed by atoms with Crippen LogP contribution in [0.5, 0.6) is 0 Å². The van der Waals surface area contributed by atoms with Gasteiger partial charge in [-0.3, -0.25) is 9.89 Å². The molecule has 0 atom stereocenters. The van der Waals surface area contributed by atoms with Gasteiger partial charge in [-0.25, -0.2) is 5.43 Å². The van der Waals surface area contributed by atoms with Crippen molar-refractivity contribution in [3.8, 4) is 0 Å². The van der Waals surface area contributed by atoms with E-state index in [1.165, 1.54) is 0 Å². The molecule has 1 aromatic carbocycles. The summed E-state index contributed by atoms with van der Waals surface area (Å²) in [6, 6.07) is 7.99. The second kappa shape index (κ2) is 6.08. The van der Waals surface area contributed by atoms with Crippen molar-refractivity contribution in [2.24, 2.45) is 5.10 Å². The summed E-state index contributed by atoms with van der Waals surface area (Å²) in [5, 5.41) is 12.1. The maximum absolute atomic E-state index is 12.2. The minimum Gasteiger partial charge on any atom is -0.358 e. The lowest BCUT2D eigenvalue weighted by atomic mass is 10.1. The Hall–Kier alpha value is -2.89. The number of aryl methyl sites for hydroxylation is 2. The molecule has 3 aromatic rings. The van der Waals surface area contributed by atoms with Crippen molar-refractivity contribution in [2.75, 3.05) is 0 Å². The Bertz CT molecular complexity index is 888. The molecule has 0 unspecified atom stereocenters. The van der Waals surface area contributed by atoms with Gasteiger partial charge in [-0.1, -0.05) is 25.1 Å². The summed E-state index contributed by atoms with van der Waals surface area (Å²) < 4.78 is 0. The van der Waals surface area contributed by atoms with Gasteiger partial charge in [-0.15, -0.1) is 0 Å². The number of benzene rings is 1. The molecular weight excluding hydrogens is 290 g/mol. The Morgan fingerprint density at radius 2 is 2.13 bits per heavy atom. The van der Waals surface area contributed by atoms with Gasteiger partial charge in [0.1, 0.15) is 0 Å². The van der Waals surface area contributed by atoms with Crippen LogP contribution in [-0.2, 0) is 6.42 Å². The van der Waals surface area contributed by atoms with Crippen molar-refractivity contribution in [1.29, 1.82) is 0 Å². The van der Waals surface area contributed by atoms with E-state index in [0.717, 1.165) is 39.8 Å². The number of aromatic amines is 2. The second-order valence-electron chi connectivity index (χ2n) is 5.44. The Balaban J connectivity index is 1.79. The van der Waals surface area contributed by atoms with E-state index in [9.17, 15) is 4.79 Å². The first-order valence-electron chi connectivity index (χ1n) is 7.56. The van der Waals surface area contributed by atoms with Crippen LogP contribution >= 0.6 is 0 Å². The van der Waals surface area contributed by atoms with E-state index < -0.39 is 0 Å². The van der Waals surface area contributed by atoms with E-state index in [2.05, 4.69) is 25.7 Å². The number of hydrogen-bond acceptors (Lipinski definition) is 3. The fourth-order valence-corrected chi connectivity index (χ4v) is 2.67. The minimum atomic E-state index is -0.313. The van der Waals surface area contributed by atoms with Crippen molar-refractivity contribution in [2.45, 2.75) is 27.2 Å². The van der Waals surface area contributed by atoms with E-state index in [1.807, 2.05) is 45.0 Å². The van der Waals surface area contributed by atoms with Gasteiger partial charge in [-0.05, 0) is 26.3 Å². The molecule has 1 amide bonds. The van der Waals surface area contributed by atoms with Gasteiger partial charge < -0.3 is 4.98 Å². The average molecular weight is 309 g/mol. The summed E-state index contributed by atoms with van der Waals surface area (Å²) >= 11 is 0. The molecule has 2 aromatic heterocycles. The number of H-pyrrole nitrogens is 2. The van der Waals surface area contributed by atoms with Crippen LogP contribution < -0.4 is 5.43 Å². The highest BCUT2D eigenvalue weighted by atomic mass is 16.2. The average Bonchev–Trinajstić information content (AvgIpc) is 3.07. The van der Waals surface area contributed by atoms with Gasteiger partial charge in [-0.2, -0.15) is 10.2 Å². The summed E-state index contributed by atoms with van der Waals surface area (Å²) in [5.74, 6) is -0.313. The summed E-state index contributed by atoms with van der Waals surface area (Å²) in [6.07, 6.45) is 2.47. The number of fused-ring (bicyclic) bond motifs is 1. The molecule has 0 bridgehead atoms. The summed E-state index contributed by atoms with van der Waals surface area (Å²) in [4.78, 5) is 15.5. The molecule has 3 N–H and O–H groups in total. The summed E-state index contributed by atoms with van der Waals surface area (Å²) in [5.41, 5.74) is 7.78. The molecule has 0 aliphatic carbocycles. The van der Waals surface area contributed by atoms with Crippen molar-refractivity contribution in [3.63, 3.8) is 0 Å². The van der Waals surface area contributed by atoms with Crippen molar-refractivity contribution in [1.82, 2.24) is 20.6 Å². The van der Waals surface area contributed by atoms with Crippen LogP contribution in [-0.4, -0.2) is 27.3 Å². The highest BCUT2D eigenvalue weighted by molar-refractivity contribution is 6.01. The lowest BCUT2D eigenvalue weighted by Crippen LogP contribution is -2.19. The maximum Gasteiger partial charge on any atom is 0.292 e. The number of carbonyl (C=O) groups excluding carboxylic acids is 1. The first kappa shape index (κ1) is 15.0. The Labute approximate surface area is 134 Å². The predicted octanol–water partition coefficient (Wildman–Crippen LogP) is 2.83. The van der Waals surface area contributed by atoms with Gasteiger partial charge in [0, 0.05) is 33.4 Å². The molecule has 0 radical (unpaired) electrons. The van der Waals surface area contributed by atoms with Crippen LogP contribution in [0.3, 0.4) is 0 Å². The molecule has 2 heterocycles. The van der Waals surface area contributed by atoms with Crippen molar-refractivity contribution in [3.05, 3.63) is 52.5 Å². The summed E-state index contributed by atoms with van der Waals surface area (Å²) in [6.45, 7) is 5.87. The van der Waals surface area contributed by atoms with E-state index in [4.69, 9.17) is 0 Å². The summed E-state index contributed by atoms with van der Waals surface area (Å²) in [7, 11) is 0. The molecular formula is C17H19N5O. The van der Waals surface area contributed by atoms with Crippen molar-refractivity contribution >= 4 is 23.0 Å². The molecule has 23 heavy (non-hydrogen) atoms. The topological polar surface area (TPSA) is 85.9 Å². The number of carbonyl (C=O) groups is 1. The number of para-hydroxylation sites is 1. The fourth-order valence-electron chi connectivity index (χ4n) is 2.67. The third kappa shape index (κ3) is 2.75. The van der Waals surface area contributed by atoms with E-state index in [-0.39, 0.29) is 5.91 Å². The highest BCUT2D eigenvalue weighted by Crippen LogP contribution is 2.19. The third-order valence-electron chi connectivity index (χ3n) is 3.98. The zero-order valence-corrected chi connectivity index (χ0v) is 13.4.